The van der Waals surface area contributed by atoms with Crippen LogP contribution in [-0.4, -0.2) is 61.5 Å². The molecule has 0 unspecified atom stereocenters. The lowest BCUT2D eigenvalue weighted by Gasteiger charge is -2.34. The van der Waals surface area contributed by atoms with Crippen LogP contribution in [0.5, 0.6) is 0 Å². The van der Waals surface area contributed by atoms with Gasteiger partial charge in [-0.05, 0) is 55.8 Å². The average molecular weight is 415 g/mol. The molecule has 154 valence electrons. The van der Waals surface area contributed by atoms with E-state index in [1.807, 2.05) is 50.4 Å². The molecule has 2 aromatic carbocycles. The van der Waals surface area contributed by atoms with Crippen molar-refractivity contribution in [2.75, 3.05) is 50.0 Å². The number of nitrogens with zero attached hydrogens (tertiary/aromatic N) is 3. The van der Waals surface area contributed by atoms with Crippen molar-refractivity contribution in [3.8, 4) is 0 Å². The van der Waals surface area contributed by atoms with Crippen LogP contribution in [0, 0.1) is 6.92 Å². The Morgan fingerprint density at radius 3 is 2.24 bits per heavy atom. The number of carbonyl (C=O) groups excluding carboxylic acids is 2. The fraction of sp³-hybridized carbons (Fsp3) is 0.364. The van der Waals surface area contributed by atoms with Crippen LogP contribution in [0.25, 0.3) is 0 Å². The molecule has 6 nitrogen and oxygen atoms in total. The van der Waals surface area contributed by atoms with Gasteiger partial charge in [0.05, 0.1) is 0 Å². The zero-order valence-corrected chi connectivity index (χ0v) is 17.9. The molecular weight excluding hydrogens is 388 g/mol. The quantitative estimate of drug-likeness (QED) is 0.819. The Morgan fingerprint density at radius 2 is 1.66 bits per heavy atom. The van der Waals surface area contributed by atoms with Crippen LogP contribution in [0.1, 0.15) is 22.8 Å². The zero-order valence-electron chi connectivity index (χ0n) is 17.1. The fourth-order valence-electron chi connectivity index (χ4n) is 3.21. The van der Waals surface area contributed by atoms with Gasteiger partial charge >= 0.3 is 6.03 Å². The lowest BCUT2D eigenvalue weighted by atomic mass is 10.1. The van der Waals surface area contributed by atoms with Crippen LogP contribution in [0.2, 0.25) is 5.02 Å². The summed E-state index contributed by atoms with van der Waals surface area (Å²) < 4.78 is 0. The van der Waals surface area contributed by atoms with Gasteiger partial charge in [-0.3, -0.25) is 4.79 Å². The minimum absolute atomic E-state index is 0.000996. The number of urea groups is 1. The topological polar surface area (TPSA) is 55.9 Å². The van der Waals surface area contributed by atoms with Gasteiger partial charge in [0.15, 0.2) is 0 Å². The van der Waals surface area contributed by atoms with E-state index in [1.165, 1.54) is 0 Å². The van der Waals surface area contributed by atoms with E-state index in [0.717, 1.165) is 17.8 Å². The minimum atomic E-state index is -0.177. The number of rotatable bonds is 4. The molecule has 3 rings (SSSR count). The largest absolute Gasteiger partial charge is 0.375 e. The van der Waals surface area contributed by atoms with Crippen molar-refractivity contribution in [1.29, 1.82) is 0 Å². The third kappa shape index (κ3) is 5.01. The van der Waals surface area contributed by atoms with E-state index >= 15 is 0 Å². The summed E-state index contributed by atoms with van der Waals surface area (Å²) in [5.41, 5.74) is 3.39. The van der Waals surface area contributed by atoms with Gasteiger partial charge in [-0.2, -0.15) is 0 Å². The predicted octanol–water partition coefficient (Wildman–Crippen LogP) is 4.09. The number of piperazine rings is 1. The predicted molar refractivity (Wildman–Crippen MR) is 118 cm³/mol. The van der Waals surface area contributed by atoms with Gasteiger partial charge < -0.3 is 20.0 Å². The highest BCUT2D eigenvalue weighted by Crippen LogP contribution is 2.21. The van der Waals surface area contributed by atoms with Crippen LogP contribution in [-0.2, 0) is 0 Å². The molecular formula is C22H27ClN4O2. The number of aryl methyl sites for hydroxylation is 1. The van der Waals surface area contributed by atoms with Gasteiger partial charge in [0.2, 0.25) is 0 Å². The van der Waals surface area contributed by atoms with Crippen molar-refractivity contribution < 1.29 is 9.59 Å². The number of hydrogen-bond acceptors (Lipinski definition) is 3. The molecule has 3 amide bonds. The first-order chi connectivity index (χ1) is 13.9. The summed E-state index contributed by atoms with van der Waals surface area (Å²) in [5, 5.41) is 3.49. The maximum absolute atomic E-state index is 12.8. The molecule has 0 spiro atoms. The first kappa shape index (κ1) is 21.0. The van der Waals surface area contributed by atoms with E-state index in [9.17, 15) is 9.59 Å². The molecule has 0 saturated carbocycles. The van der Waals surface area contributed by atoms with E-state index in [-0.39, 0.29) is 11.9 Å². The van der Waals surface area contributed by atoms with E-state index in [0.29, 0.717) is 42.5 Å². The van der Waals surface area contributed by atoms with Gasteiger partial charge in [0.1, 0.15) is 0 Å². The lowest BCUT2D eigenvalue weighted by Crippen LogP contribution is -2.51. The van der Waals surface area contributed by atoms with E-state index in [4.69, 9.17) is 11.6 Å². The Kier molecular flexibility index (Phi) is 6.64. The SMILES string of the molecule is CCN(C)c1ccc(C(=O)N2CCN(C(=O)Nc3ccc(C)c(Cl)c3)CC2)cc1. The number of nitrogens with one attached hydrogen (secondary N) is 1. The number of hydrogen-bond donors (Lipinski definition) is 1. The molecule has 2 aromatic rings. The molecule has 29 heavy (non-hydrogen) atoms. The Balaban J connectivity index is 1.54. The summed E-state index contributed by atoms with van der Waals surface area (Å²) >= 11 is 6.12. The molecule has 1 heterocycles. The Morgan fingerprint density at radius 1 is 1.03 bits per heavy atom. The lowest BCUT2D eigenvalue weighted by molar-refractivity contribution is 0.0671. The van der Waals surface area contributed by atoms with Crippen LogP contribution >= 0.6 is 11.6 Å². The number of halogens is 1. The highest BCUT2D eigenvalue weighted by molar-refractivity contribution is 6.31. The summed E-state index contributed by atoms with van der Waals surface area (Å²) in [6.07, 6.45) is 0. The first-order valence-corrected chi connectivity index (χ1v) is 10.2. The van der Waals surface area contributed by atoms with Crippen molar-refractivity contribution in [3.05, 3.63) is 58.6 Å². The Hall–Kier alpha value is -2.73. The van der Waals surface area contributed by atoms with Gasteiger partial charge in [0.25, 0.3) is 5.91 Å². The maximum atomic E-state index is 12.8. The van der Waals surface area contributed by atoms with Gasteiger partial charge in [-0.25, -0.2) is 4.79 Å². The molecule has 1 fully saturated rings. The molecule has 0 radical (unpaired) electrons. The Labute approximate surface area is 177 Å². The number of benzene rings is 2. The minimum Gasteiger partial charge on any atom is -0.375 e. The van der Waals surface area contributed by atoms with E-state index < -0.39 is 0 Å². The van der Waals surface area contributed by atoms with Crippen LogP contribution in [0.3, 0.4) is 0 Å². The Bertz CT molecular complexity index is 877. The molecule has 1 aliphatic heterocycles. The monoisotopic (exact) mass is 414 g/mol. The van der Waals surface area contributed by atoms with Crippen molar-refractivity contribution in [2.24, 2.45) is 0 Å². The van der Waals surface area contributed by atoms with Crippen molar-refractivity contribution in [1.82, 2.24) is 9.80 Å². The second kappa shape index (κ2) is 9.18. The average Bonchev–Trinajstić information content (AvgIpc) is 2.75. The highest BCUT2D eigenvalue weighted by Gasteiger charge is 2.25. The fourth-order valence-corrected chi connectivity index (χ4v) is 3.39. The third-order valence-corrected chi connectivity index (χ3v) is 5.71. The highest BCUT2D eigenvalue weighted by atomic mass is 35.5. The van der Waals surface area contributed by atoms with Crippen LogP contribution in [0.15, 0.2) is 42.5 Å². The molecule has 1 aliphatic rings. The summed E-state index contributed by atoms with van der Waals surface area (Å²) in [7, 11) is 2.02. The molecule has 1 N–H and O–H groups in total. The smallest absolute Gasteiger partial charge is 0.321 e. The summed E-state index contributed by atoms with van der Waals surface area (Å²) in [6.45, 7) is 6.92. The van der Waals surface area contributed by atoms with Crippen molar-refractivity contribution in [3.63, 3.8) is 0 Å². The molecule has 0 aliphatic carbocycles. The van der Waals surface area contributed by atoms with E-state index in [2.05, 4.69) is 17.1 Å². The number of anilines is 2. The van der Waals surface area contributed by atoms with Crippen LogP contribution in [0.4, 0.5) is 16.2 Å². The number of amides is 3. The molecule has 0 atom stereocenters. The van der Waals surface area contributed by atoms with Crippen LogP contribution < -0.4 is 10.2 Å². The zero-order chi connectivity index (χ0) is 21.0. The standard InChI is InChI=1S/C22H27ClN4O2/c1-4-25(3)19-9-6-17(7-10-19)21(28)26-11-13-27(14-12-26)22(29)24-18-8-5-16(2)20(23)15-18/h5-10,15H,4,11-14H2,1-3H3,(H,24,29). The van der Waals surface area contributed by atoms with E-state index in [1.54, 1.807) is 15.9 Å². The van der Waals surface area contributed by atoms with Crippen molar-refractivity contribution in [2.45, 2.75) is 13.8 Å². The summed E-state index contributed by atoms with van der Waals surface area (Å²) in [4.78, 5) is 30.9. The van der Waals surface area contributed by atoms with Crippen molar-refractivity contribution >= 4 is 34.9 Å². The molecule has 1 saturated heterocycles. The second-order valence-corrected chi connectivity index (χ2v) is 7.64. The molecule has 0 aromatic heterocycles. The van der Waals surface area contributed by atoms with Gasteiger partial charge in [0, 0.05) is 61.7 Å². The van der Waals surface area contributed by atoms with Gasteiger partial charge in [-0.15, -0.1) is 0 Å². The maximum Gasteiger partial charge on any atom is 0.321 e. The summed E-state index contributed by atoms with van der Waals surface area (Å²) in [6, 6.07) is 12.9. The summed E-state index contributed by atoms with van der Waals surface area (Å²) in [5.74, 6) is 0.000996. The third-order valence-electron chi connectivity index (χ3n) is 5.31. The molecule has 0 bridgehead atoms. The normalized spacial score (nSPS) is 13.9. The second-order valence-electron chi connectivity index (χ2n) is 7.23. The number of carbonyl (C=O) groups is 2. The van der Waals surface area contributed by atoms with Gasteiger partial charge in [-0.1, -0.05) is 17.7 Å². The first-order valence-electron chi connectivity index (χ1n) is 9.81. The molecule has 7 heteroatoms.